The van der Waals surface area contributed by atoms with E-state index in [1.165, 1.54) is 0 Å². The van der Waals surface area contributed by atoms with Crippen molar-refractivity contribution < 1.29 is 14.6 Å². The number of aromatic carboxylic acids is 1. The van der Waals surface area contributed by atoms with E-state index in [2.05, 4.69) is 4.98 Å². The van der Waals surface area contributed by atoms with E-state index in [4.69, 9.17) is 16.3 Å². The molecule has 0 radical (unpaired) electrons. The van der Waals surface area contributed by atoms with Gasteiger partial charge < -0.3 is 14.4 Å². The number of aromatic nitrogens is 2. The van der Waals surface area contributed by atoms with Gasteiger partial charge in [-0.2, -0.15) is 0 Å². The summed E-state index contributed by atoms with van der Waals surface area (Å²) in [5, 5.41) is 9.78. The van der Waals surface area contributed by atoms with Crippen LogP contribution in [0.15, 0.2) is 24.5 Å². The number of fused-ring (bicyclic) bond motifs is 1. The summed E-state index contributed by atoms with van der Waals surface area (Å²) in [5.74, 6) is -1.03. The van der Waals surface area contributed by atoms with Crippen LogP contribution in [-0.2, 0) is 11.3 Å². The molecule has 1 unspecified atom stereocenters. The SMILES string of the molecule is COC1CCCn2c(-c3cccnc3)c(Cl)c(C(=O)O)c21. The van der Waals surface area contributed by atoms with Crippen LogP contribution in [-0.4, -0.2) is 27.7 Å². The second-order valence-electron chi connectivity index (χ2n) is 4.99. The van der Waals surface area contributed by atoms with Crippen molar-refractivity contribution in [3.05, 3.63) is 40.8 Å². The van der Waals surface area contributed by atoms with Gasteiger partial charge in [-0.1, -0.05) is 11.6 Å². The number of carbonyl (C=O) groups is 1. The average Bonchev–Trinajstić information content (AvgIpc) is 2.80. The molecule has 0 saturated carbocycles. The molecule has 0 saturated heterocycles. The van der Waals surface area contributed by atoms with Crippen molar-refractivity contribution in [3.8, 4) is 11.3 Å². The van der Waals surface area contributed by atoms with E-state index in [1.807, 2.05) is 16.7 Å². The van der Waals surface area contributed by atoms with Crippen LogP contribution in [0.5, 0.6) is 0 Å². The Morgan fingerprint density at radius 2 is 2.38 bits per heavy atom. The number of methoxy groups -OCH3 is 1. The molecule has 0 amide bonds. The Kier molecular flexibility index (Phi) is 3.69. The smallest absolute Gasteiger partial charge is 0.339 e. The highest BCUT2D eigenvalue weighted by atomic mass is 35.5. The number of halogens is 1. The zero-order chi connectivity index (χ0) is 15.0. The van der Waals surface area contributed by atoms with E-state index < -0.39 is 5.97 Å². The molecule has 3 heterocycles. The summed E-state index contributed by atoms with van der Waals surface area (Å²) in [4.78, 5) is 15.7. The number of nitrogens with zero attached hydrogens (tertiary/aromatic N) is 2. The van der Waals surface area contributed by atoms with Crippen LogP contribution in [0.3, 0.4) is 0 Å². The van der Waals surface area contributed by atoms with Crippen molar-refractivity contribution >= 4 is 17.6 Å². The third-order valence-corrected chi connectivity index (χ3v) is 4.20. The van der Waals surface area contributed by atoms with Crippen LogP contribution in [0.1, 0.15) is 35.0 Å². The first kappa shape index (κ1) is 14.1. The third kappa shape index (κ3) is 2.22. The molecule has 0 bridgehead atoms. The Labute approximate surface area is 127 Å². The highest BCUT2D eigenvalue weighted by Gasteiger charge is 2.33. The predicted molar refractivity (Wildman–Crippen MR) is 78.6 cm³/mol. The molecule has 0 aromatic carbocycles. The van der Waals surface area contributed by atoms with Gasteiger partial charge in [0.1, 0.15) is 5.56 Å². The molecule has 1 aliphatic rings. The lowest BCUT2D eigenvalue weighted by molar-refractivity contribution is 0.0634. The number of rotatable bonds is 3. The predicted octanol–water partition coefficient (Wildman–Crippen LogP) is 3.38. The first-order valence-electron chi connectivity index (χ1n) is 6.73. The van der Waals surface area contributed by atoms with Gasteiger partial charge in [0, 0.05) is 31.6 Å². The highest BCUT2D eigenvalue weighted by Crippen LogP contribution is 2.42. The molecule has 1 N–H and O–H groups in total. The number of hydrogen-bond donors (Lipinski definition) is 1. The molecule has 3 rings (SSSR count). The van der Waals surface area contributed by atoms with Crippen LogP contribution in [0.2, 0.25) is 5.02 Å². The van der Waals surface area contributed by atoms with Crippen LogP contribution in [0.4, 0.5) is 0 Å². The number of hydrogen-bond acceptors (Lipinski definition) is 3. The quantitative estimate of drug-likeness (QED) is 0.944. The molecule has 6 heteroatoms. The summed E-state index contributed by atoms with van der Waals surface area (Å²) in [6, 6.07) is 3.69. The average molecular weight is 307 g/mol. The zero-order valence-electron chi connectivity index (χ0n) is 11.5. The second kappa shape index (κ2) is 5.50. The van der Waals surface area contributed by atoms with Crippen molar-refractivity contribution in [2.24, 2.45) is 0 Å². The first-order chi connectivity index (χ1) is 10.1. The maximum absolute atomic E-state index is 11.6. The number of carboxylic acids is 1. The fourth-order valence-corrected chi connectivity index (χ4v) is 3.35. The lowest BCUT2D eigenvalue weighted by Gasteiger charge is -2.25. The fourth-order valence-electron chi connectivity index (χ4n) is 2.96. The molecular formula is C15H15ClN2O3. The topological polar surface area (TPSA) is 64.4 Å². The Bertz CT molecular complexity index is 682. The lowest BCUT2D eigenvalue weighted by Crippen LogP contribution is -2.19. The standard InChI is InChI=1S/C15H15ClN2O3/c1-21-10-5-3-7-18-13(9-4-2-6-17-8-9)12(16)11(14(10)18)15(19)20/h2,4,6,8,10H,3,5,7H2,1H3,(H,19,20). The van der Waals surface area contributed by atoms with Crippen LogP contribution in [0, 0.1) is 0 Å². The molecule has 0 spiro atoms. The normalized spacial score (nSPS) is 17.5. The van der Waals surface area contributed by atoms with Gasteiger partial charge in [-0.3, -0.25) is 4.98 Å². The zero-order valence-corrected chi connectivity index (χ0v) is 12.3. The van der Waals surface area contributed by atoms with Gasteiger partial charge in [0.15, 0.2) is 0 Å². The second-order valence-corrected chi connectivity index (χ2v) is 5.37. The highest BCUT2D eigenvalue weighted by molar-refractivity contribution is 6.36. The summed E-state index contributed by atoms with van der Waals surface area (Å²) < 4.78 is 7.41. The minimum absolute atomic E-state index is 0.141. The molecule has 2 aromatic rings. The van der Waals surface area contributed by atoms with Gasteiger partial charge in [0.05, 0.1) is 22.5 Å². The Morgan fingerprint density at radius 3 is 3.00 bits per heavy atom. The molecule has 1 atom stereocenters. The van der Waals surface area contributed by atoms with Crippen molar-refractivity contribution in [2.45, 2.75) is 25.5 Å². The molecule has 1 aliphatic heterocycles. The summed E-state index contributed by atoms with van der Waals surface area (Å²) in [7, 11) is 1.59. The van der Waals surface area contributed by atoms with Crippen LogP contribution in [0.25, 0.3) is 11.3 Å². The van der Waals surface area contributed by atoms with Gasteiger partial charge in [0.2, 0.25) is 0 Å². The van der Waals surface area contributed by atoms with E-state index in [0.717, 1.165) is 24.9 Å². The monoisotopic (exact) mass is 306 g/mol. The molecule has 5 nitrogen and oxygen atoms in total. The van der Waals surface area contributed by atoms with Gasteiger partial charge in [-0.05, 0) is 25.0 Å². The van der Waals surface area contributed by atoms with E-state index in [1.54, 1.807) is 19.5 Å². The lowest BCUT2D eigenvalue weighted by atomic mass is 10.0. The molecule has 21 heavy (non-hydrogen) atoms. The Balaban J connectivity index is 2.29. The largest absolute Gasteiger partial charge is 0.478 e. The van der Waals surface area contributed by atoms with Crippen molar-refractivity contribution in [2.75, 3.05) is 7.11 Å². The molecule has 0 fully saturated rings. The summed E-state index contributed by atoms with van der Waals surface area (Å²) in [6.07, 6.45) is 4.84. The molecule has 110 valence electrons. The summed E-state index contributed by atoms with van der Waals surface area (Å²) in [5.41, 5.74) is 2.31. The van der Waals surface area contributed by atoms with Gasteiger partial charge in [0.25, 0.3) is 0 Å². The first-order valence-corrected chi connectivity index (χ1v) is 7.11. The Morgan fingerprint density at radius 1 is 1.57 bits per heavy atom. The molecule has 0 aliphatic carbocycles. The van der Waals surface area contributed by atoms with Gasteiger partial charge >= 0.3 is 5.97 Å². The van der Waals surface area contributed by atoms with Crippen LogP contribution >= 0.6 is 11.6 Å². The Hall–Kier alpha value is -1.85. The van der Waals surface area contributed by atoms with E-state index in [-0.39, 0.29) is 16.7 Å². The van der Waals surface area contributed by atoms with E-state index >= 15 is 0 Å². The summed E-state index contributed by atoms with van der Waals surface area (Å²) >= 11 is 6.39. The number of pyridine rings is 1. The van der Waals surface area contributed by atoms with Gasteiger partial charge in [-0.15, -0.1) is 0 Å². The maximum atomic E-state index is 11.6. The summed E-state index contributed by atoms with van der Waals surface area (Å²) in [6.45, 7) is 0.729. The van der Waals surface area contributed by atoms with Crippen molar-refractivity contribution in [1.29, 1.82) is 0 Å². The molecule has 2 aromatic heterocycles. The third-order valence-electron chi connectivity index (χ3n) is 3.83. The van der Waals surface area contributed by atoms with Crippen molar-refractivity contribution in [3.63, 3.8) is 0 Å². The van der Waals surface area contributed by atoms with Crippen LogP contribution < -0.4 is 0 Å². The maximum Gasteiger partial charge on any atom is 0.339 e. The number of carboxylic acid groups (broad SMARTS) is 1. The fraction of sp³-hybridized carbons (Fsp3) is 0.333. The van der Waals surface area contributed by atoms with E-state index in [9.17, 15) is 9.90 Å². The minimum atomic E-state index is -1.03. The molecular weight excluding hydrogens is 292 g/mol. The van der Waals surface area contributed by atoms with Gasteiger partial charge in [-0.25, -0.2) is 4.79 Å². The minimum Gasteiger partial charge on any atom is -0.478 e. The van der Waals surface area contributed by atoms with E-state index in [0.29, 0.717) is 11.4 Å². The van der Waals surface area contributed by atoms with Crippen molar-refractivity contribution in [1.82, 2.24) is 9.55 Å². The number of ether oxygens (including phenoxy) is 1.